The molecule has 0 aliphatic carbocycles. The molecule has 12 heteroatoms. The zero-order valence-electron chi connectivity index (χ0n) is 16.7. The van der Waals surface area contributed by atoms with Gasteiger partial charge in [-0.25, -0.2) is 0 Å². The molecule has 2 aromatic carbocycles. The van der Waals surface area contributed by atoms with Gasteiger partial charge in [0, 0.05) is 17.7 Å². The Morgan fingerprint density at radius 3 is 2.30 bits per heavy atom. The summed E-state index contributed by atoms with van der Waals surface area (Å²) in [6.07, 6.45) is -7.73. The number of aliphatic hydroxyl groups is 4. The molecule has 0 spiro atoms. The van der Waals surface area contributed by atoms with Crippen LogP contribution in [0.5, 0.6) is 28.7 Å². The third-order valence-electron chi connectivity index (χ3n) is 5.25. The van der Waals surface area contributed by atoms with Crippen molar-refractivity contribution in [3.63, 3.8) is 0 Å². The summed E-state index contributed by atoms with van der Waals surface area (Å²) in [4.78, 5) is 12.5. The molecule has 0 saturated carbocycles. The second-order valence-electron chi connectivity index (χ2n) is 7.44. The number of fused-ring (bicyclic) bond motifs is 1. The second-order valence-corrected chi connectivity index (χ2v) is 7.44. The van der Waals surface area contributed by atoms with Crippen molar-refractivity contribution in [1.82, 2.24) is 0 Å². The third kappa shape index (κ3) is 3.90. The SMILES string of the molecule is O=c1c(O)c(-c2ccc(O[C@@H]3O[C@@H](CO)[C@@H](O)[C@@H](O)[C@@H]3O)c(O)c2)oc2cc(O)cc(O)c12. The molecule has 0 radical (unpaired) electrons. The highest BCUT2D eigenvalue weighted by Crippen LogP contribution is 2.39. The van der Waals surface area contributed by atoms with E-state index < -0.39 is 60.0 Å². The number of hydrogen-bond donors (Lipinski definition) is 8. The summed E-state index contributed by atoms with van der Waals surface area (Å²) in [5.41, 5.74) is -1.16. The van der Waals surface area contributed by atoms with Gasteiger partial charge in [-0.05, 0) is 18.2 Å². The van der Waals surface area contributed by atoms with Gasteiger partial charge < -0.3 is 54.7 Å². The average Bonchev–Trinajstić information content (AvgIpc) is 2.77. The van der Waals surface area contributed by atoms with Crippen molar-refractivity contribution < 1.29 is 54.7 Å². The van der Waals surface area contributed by atoms with Crippen LogP contribution < -0.4 is 10.2 Å². The van der Waals surface area contributed by atoms with Gasteiger partial charge in [0.2, 0.25) is 17.5 Å². The average molecular weight is 464 g/mol. The van der Waals surface area contributed by atoms with Crippen molar-refractivity contribution in [3.05, 3.63) is 40.6 Å². The minimum absolute atomic E-state index is 0.0213. The first-order valence-corrected chi connectivity index (χ1v) is 9.64. The topological polar surface area (TPSA) is 211 Å². The lowest BCUT2D eigenvalue weighted by Crippen LogP contribution is -2.60. The van der Waals surface area contributed by atoms with Crippen LogP contribution in [0.1, 0.15) is 0 Å². The minimum atomic E-state index is -1.70. The molecule has 0 bridgehead atoms. The number of aliphatic hydroxyl groups excluding tert-OH is 4. The van der Waals surface area contributed by atoms with Crippen LogP contribution in [0, 0.1) is 0 Å². The molecule has 0 unspecified atom stereocenters. The van der Waals surface area contributed by atoms with Crippen LogP contribution >= 0.6 is 0 Å². The highest BCUT2D eigenvalue weighted by Gasteiger charge is 2.45. The Hall–Kier alpha value is -3.55. The number of phenols is 3. The lowest BCUT2D eigenvalue weighted by molar-refractivity contribution is -0.277. The first-order valence-electron chi connectivity index (χ1n) is 9.64. The number of hydrogen-bond acceptors (Lipinski definition) is 12. The summed E-state index contributed by atoms with van der Waals surface area (Å²) < 4.78 is 16.1. The van der Waals surface area contributed by atoms with E-state index in [-0.39, 0.29) is 33.8 Å². The molecular formula is C21H20O12. The van der Waals surface area contributed by atoms with E-state index in [2.05, 4.69) is 0 Å². The Morgan fingerprint density at radius 2 is 1.64 bits per heavy atom. The van der Waals surface area contributed by atoms with Crippen LogP contribution in [-0.2, 0) is 4.74 Å². The van der Waals surface area contributed by atoms with Crippen molar-refractivity contribution >= 4 is 11.0 Å². The lowest BCUT2D eigenvalue weighted by atomic mass is 9.99. The molecule has 12 nitrogen and oxygen atoms in total. The first-order chi connectivity index (χ1) is 15.6. The zero-order valence-corrected chi connectivity index (χ0v) is 16.7. The van der Waals surface area contributed by atoms with Crippen molar-refractivity contribution in [2.24, 2.45) is 0 Å². The standard InChI is InChI=1S/C21H20O12/c22-6-13-15(26)17(28)19(30)21(33-13)32-11-2-1-7(3-9(11)24)20-18(29)16(27)14-10(25)4-8(23)5-12(14)31-20/h1-5,13,15,17,19,21-26,28-30H,6H2/t13-,15+,17+,19-,21+/m0/s1. The molecular weight excluding hydrogens is 444 g/mol. The van der Waals surface area contributed by atoms with Crippen molar-refractivity contribution in [3.8, 4) is 40.1 Å². The molecule has 33 heavy (non-hydrogen) atoms. The molecule has 176 valence electrons. The van der Waals surface area contributed by atoms with Gasteiger partial charge in [-0.1, -0.05) is 0 Å². The Balaban J connectivity index is 1.68. The summed E-state index contributed by atoms with van der Waals surface area (Å²) in [6, 6.07) is 5.51. The Bertz CT molecular complexity index is 1250. The molecule has 5 atom stereocenters. The van der Waals surface area contributed by atoms with E-state index in [1.807, 2.05) is 0 Å². The molecule has 1 aromatic heterocycles. The van der Waals surface area contributed by atoms with Crippen LogP contribution in [0.2, 0.25) is 0 Å². The summed E-state index contributed by atoms with van der Waals surface area (Å²) in [7, 11) is 0. The van der Waals surface area contributed by atoms with Gasteiger partial charge in [0.15, 0.2) is 17.3 Å². The molecule has 3 aromatic rings. The summed E-state index contributed by atoms with van der Waals surface area (Å²) in [6.45, 7) is -0.666. The summed E-state index contributed by atoms with van der Waals surface area (Å²) >= 11 is 0. The number of phenolic OH excluding ortho intramolecular Hbond substituents is 3. The van der Waals surface area contributed by atoms with Crippen molar-refractivity contribution in [1.29, 1.82) is 0 Å². The fourth-order valence-electron chi connectivity index (χ4n) is 3.52. The highest BCUT2D eigenvalue weighted by atomic mass is 16.7. The maximum Gasteiger partial charge on any atom is 0.238 e. The first kappa shape index (κ1) is 22.6. The predicted molar refractivity (Wildman–Crippen MR) is 109 cm³/mol. The maximum atomic E-state index is 12.5. The van der Waals surface area contributed by atoms with Crippen molar-refractivity contribution in [2.75, 3.05) is 6.61 Å². The quantitative estimate of drug-likeness (QED) is 0.245. The second kappa shape index (κ2) is 8.42. The van der Waals surface area contributed by atoms with Gasteiger partial charge in [-0.2, -0.15) is 0 Å². The van der Waals surface area contributed by atoms with Crippen LogP contribution in [-0.4, -0.2) is 78.2 Å². The van der Waals surface area contributed by atoms with Crippen molar-refractivity contribution in [2.45, 2.75) is 30.7 Å². The largest absolute Gasteiger partial charge is 0.508 e. The molecule has 1 fully saturated rings. The van der Waals surface area contributed by atoms with Crippen LogP contribution in [0.15, 0.2) is 39.5 Å². The van der Waals surface area contributed by atoms with Gasteiger partial charge in [-0.15, -0.1) is 0 Å². The smallest absolute Gasteiger partial charge is 0.238 e. The van der Waals surface area contributed by atoms with Crippen LogP contribution in [0.25, 0.3) is 22.3 Å². The van der Waals surface area contributed by atoms with E-state index in [1.165, 1.54) is 12.1 Å². The summed E-state index contributed by atoms with van der Waals surface area (Å²) in [5.74, 6) is -2.97. The highest BCUT2D eigenvalue weighted by molar-refractivity contribution is 5.88. The molecule has 2 heterocycles. The zero-order chi connectivity index (χ0) is 24.0. The van der Waals surface area contributed by atoms with E-state index in [4.69, 9.17) is 13.9 Å². The van der Waals surface area contributed by atoms with Gasteiger partial charge in [0.05, 0.1) is 6.61 Å². The fraction of sp³-hybridized carbons (Fsp3) is 0.286. The number of rotatable bonds is 4. The summed E-state index contributed by atoms with van der Waals surface area (Å²) in [5, 5.41) is 78.8. The van der Waals surface area contributed by atoms with Gasteiger partial charge in [0.1, 0.15) is 46.9 Å². The van der Waals surface area contributed by atoms with Gasteiger partial charge in [-0.3, -0.25) is 4.79 Å². The van der Waals surface area contributed by atoms with E-state index in [0.29, 0.717) is 0 Å². The predicted octanol–water partition coefficient (Wildman–Crippen LogP) is -0.539. The number of aromatic hydroxyl groups is 4. The Labute approximate surface area is 184 Å². The monoisotopic (exact) mass is 464 g/mol. The number of ether oxygens (including phenoxy) is 2. The molecule has 8 N–H and O–H groups in total. The molecule has 1 saturated heterocycles. The lowest BCUT2D eigenvalue weighted by Gasteiger charge is -2.39. The third-order valence-corrected chi connectivity index (χ3v) is 5.25. The van der Waals surface area contributed by atoms with Gasteiger partial charge >= 0.3 is 0 Å². The Morgan fingerprint density at radius 1 is 0.909 bits per heavy atom. The van der Waals surface area contributed by atoms with E-state index >= 15 is 0 Å². The van der Waals surface area contributed by atoms with Crippen LogP contribution in [0.3, 0.4) is 0 Å². The molecule has 4 rings (SSSR count). The maximum absolute atomic E-state index is 12.5. The fourth-order valence-corrected chi connectivity index (χ4v) is 3.52. The normalized spacial score (nSPS) is 25.3. The number of benzene rings is 2. The van der Waals surface area contributed by atoms with Crippen LogP contribution in [0.4, 0.5) is 0 Å². The van der Waals surface area contributed by atoms with E-state index in [9.17, 15) is 45.6 Å². The van der Waals surface area contributed by atoms with Gasteiger partial charge in [0.25, 0.3) is 0 Å². The van der Waals surface area contributed by atoms with E-state index in [1.54, 1.807) is 0 Å². The van der Waals surface area contributed by atoms with E-state index in [0.717, 1.165) is 18.2 Å². The molecule has 1 aliphatic rings. The molecule has 0 amide bonds. The minimum Gasteiger partial charge on any atom is -0.508 e. The Kier molecular flexibility index (Phi) is 5.78. The molecule has 1 aliphatic heterocycles.